The van der Waals surface area contributed by atoms with E-state index < -0.39 is 138 Å². The minimum atomic E-state index is -6.62. The van der Waals surface area contributed by atoms with Crippen LogP contribution in [-0.4, -0.2) is 90.0 Å². The van der Waals surface area contributed by atoms with Crippen LogP contribution >= 0.6 is 0 Å². The molecule has 1 aliphatic carbocycles. The molecule has 0 saturated heterocycles. The Morgan fingerprint density at radius 3 is 1.41 bits per heavy atom. The lowest BCUT2D eigenvalue weighted by Gasteiger charge is -2.49. The van der Waals surface area contributed by atoms with Crippen molar-refractivity contribution in [2.75, 3.05) is 6.61 Å². The van der Waals surface area contributed by atoms with Crippen LogP contribution in [0.4, 0.5) is 62.3 Å². The number of halogens is 12. The lowest BCUT2D eigenvalue weighted by Crippen LogP contribution is -2.67. The Morgan fingerprint density at radius 2 is 1.03 bits per heavy atom. The zero-order valence-corrected chi connectivity index (χ0v) is 34.2. The molecule has 0 aliphatic heterocycles. The number of alkyl halides is 12. The van der Waals surface area contributed by atoms with Crippen molar-refractivity contribution >= 4 is 24.2 Å². The number of carbonyl (C=O) groups excluding carboxylic acids is 4. The predicted molar refractivity (Wildman–Crippen MR) is 178 cm³/mol. The summed E-state index contributed by atoms with van der Waals surface area (Å²) in [5, 5.41) is 0. The average Bonchev–Trinajstić information content (AvgIpc) is 2.98. The van der Waals surface area contributed by atoms with Crippen molar-refractivity contribution in [2.45, 2.75) is 174 Å². The molecule has 0 amide bonds. The Kier molecular flexibility index (Phi) is 15.7. The quantitative estimate of drug-likeness (QED) is 0.100. The van der Waals surface area contributed by atoms with E-state index in [1.54, 1.807) is 0 Å². The number of hydrogen-bond acceptors (Lipinski definition) is 10. The van der Waals surface area contributed by atoms with Crippen molar-refractivity contribution in [3.8, 4) is 0 Å². The van der Waals surface area contributed by atoms with Crippen molar-refractivity contribution < 1.29 is 100 Å². The molecule has 0 radical (unpaired) electrons. The fourth-order valence-electron chi connectivity index (χ4n) is 6.34. The highest BCUT2D eigenvalue weighted by atomic mass is 19.4. The number of rotatable bonds is 13. The summed E-state index contributed by atoms with van der Waals surface area (Å²) in [6, 6.07) is 0. The second-order valence-corrected chi connectivity index (χ2v) is 17.5. The predicted octanol–water partition coefficient (Wildman–Crippen LogP) is 10.8. The van der Waals surface area contributed by atoms with Crippen LogP contribution in [0.3, 0.4) is 0 Å². The molecule has 0 spiro atoms. The molecule has 1 fully saturated rings. The standard InChI is InChI=1S/C36H52F12O10/c1-13-30(11,17-29(9,10)23(49)53-18-32(38,39)19(2)37)24(50)54-22-15-20(31(12,34(40,41)42)57-25(51)55-27(3,4)5)14-21(16-22)33(35(43,44)45,36(46,47)48)58-26(52)56-28(6,7)8/h19-22H,13-18H2,1-12H3. The van der Waals surface area contributed by atoms with E-state index in [-0.39, 0.29) is 13.3 Å². The lowest BCUT2D eigenvalue weighted by atomic mass is 9.66. The Bertz CT molecular complexity index is 1450. The third kappa shape index (κ3) is 12.8. The van der Waals surface area contributed by atoms with Gasteiger partial charge in [-0.05, 0) is 108 Å². The average molecular weight is 873 g/mol. The highest BCUT2D eigenvalue weighted by molar-refractivity contribution is 5.80. The van der Waals surface area contributed by atoms with Crippen LogP contribution in [-0.2, 0) is 38.0 Å². The smallest absolute Gasteiger partial charge is 0.462 e. The largest absolute Gasteiger partial charge is 0.510 e. The topological polar surface area (TPSA) is 124 Å². The summed E-state index contributed by atoms with van der Waals surface area (Å²) in [5.74, 6) is -12.8. The molecule has 22 heteroatoms. The summed E-state index contributed by atoms with van der Waals surface area (Å²) in [7, 11) is 0. The van der Waals surface area contributed by atoms with E-state index >= 15 is 0 Å². The van der Waals surface area contributed by atoms with E-state index in [0.717, 1.165) is 41.5 Å². The van der Waals surface area contributed by atoms with Crippen molar-refractivity contribution in [3.63, 3.8) is 0 Å². The van der Waals surface area contributed by atoms with Crippen LogP contribution in [0, 0.1) is 22.7 Å². The first-order valence-electron chi connectivity index (χ1n) is 17.9. The molecule has 0 aromatic rings. The van der Waals surface area contributed by atoms with Crippen LogP contribution in [0.5, 0.6) is 0 Å². The molecule has 1 rings (SSSR count). The van der Waals surface area contributed by atoms with Gasteiger partial charge in [-0.25, -0.2) is 14.0 Å². The summed E-state index contributed by atoms with van der Waals surface area (Å²) in [6.07, 6.45) is -34.0. The van der Waals surface area contributed by atoms with Gasteiger partial charge in [0.25, 0.3) is 0 Å². The van der Waals surface area contributed by atoms with E-state index in [4.69, 9.17) is 9.47 Å². The van der Waals surface area contributed by atoms with Crippen LogP contribution < -0.4 is 0 Å². The maximum Gasteiger partial charge on any atom is 0.510 e. The summed E-state index contributed by atoms with van der Waals surface area (Å²) >= 11 is 0. The van der Waals surface area contributed by atoms with Gasteiger partial charge in [0, 0.05) is 11.8 Å². The first-order valence-corrected chi connectivity index (χ1v) is 17.9. The number of ether oxygens (including phenoxy) is 6. The molecule has 6 unspecified atom stereocenters. The van der Waals surface area contributed by atoms with E-state index in [0.29, 0.717) is 6.92 Å². The monoisotopic (exact) mass is 872 g/mol. The van der Waals surface area contributed by atoms with E-state index in [1.807, 2.05) is 0 Å². The van der Waals surface area contributed by atoms with Crippen molar-refractivity contribution in [1.82, 2.24) is 0 Å². The fourth-order valence-corrected chi connectivity index (χ4v) is 6.34. The molecule has 6 atom stereocenters. The normalized spacial score (nSPS) is 21.8. The maximum absolute atomic E-state index is 15.0. The van der Waals surface area contributed by atoms with Gasteiger partial charge >= 0.3 is 54.3 Å². The number of carbonyl (C=O) groups is 4. The summed E-state index contributed by atoms with van der Waals surface area (Å²) in [6.45, 7) is 10.4. The second-order valence-electron chi connectivity index (χ2n) is 17.5. The number of esters is 2. The minimum absolute atomic E-state index is 0.165. The van der Waals surface area contributed by atoms with Gasteiger partial charge in [0.15, 0.2) is 12.8 Å². The van der Waals surface area contributed by atoms with Gasteiger partial charge in [-0.15, -0.1) is 0 Å². The SMILES string of the molecule is CCC(C)(CC(C)(C)C(=O)OCC(F)(F)C(C)F)C(=O)OC1CC(C(C)(OC(=O)OC(C)(C)C)C(F)(F)F)CC(C(OC(=O)OC(C)(C)C)(C(F)(F)F)C(F)(F)F)C1. The minimum Gasteiger partial charge on any atom is -0.462 e. The molecule has 1 aliphatic rings. The fraction of sp³-hybridized carbons (Fsp3) is 0.889. The van der Waals surface area contributed by atoms with Gasteiger partial charge in [-0.3, -0.25) is 9.59 Å². The van der Waals surface area contributed by atoms with Crippen LogP contribution in [0.25, 0.3) is 0 Å². The van der Waals surface area contributed by atoms with Crippen LogP contribution in [0.1, 0.15) is 115 Å². The van der Waals surface area contributed by atoms with Gasteiger partial charge in [-0.1, -0.05) is 6.92 Å². The van der Waals surface area contributed by atoms with E-state index in [1.165, 1.54) is 27.7 Å². The van der Waals surface area contributed by atoms with E-state index in [2.05, 4.69) is 18.9 Å². The summed E-state index contributed by atoms with van der Waals surface area (Å²) in [5.41, 5.74) is -16.6. The molecule has 340 valence electrons. The molecule has 10 nitrogen and oxygen atoms in total. The Labute approximate surface area is 328 Å². The lowest BCUT2D eigenvalue weighted by molar-refractivity contribution is -0.392. The third-order valence-corrected chi connectivity index (χ3v) is 9.65. The molecule has 0 heterocycles. The van der Waals surface area contributed by atoms with Crippen molar-refractivity contribution in [2.24, 2.45) is 22.7 Å². The zero-order valence-electron chi connectivity index (χ0n) is 34.2. The summed E-state index contributed by atoms with van der Waals surface area (Å²) < 4.78 is 204. The third-order valence-electron chi connectivity index (χ3n) is 9.65. The zero-order chi connectivity index (χ0) is 46.1. The molecule has 58 heavy (non-hydrogen) atoms. The molecule has 0 bridgehead atoms. The molecular formula is C36H52F12O10. The highest BCUT2D eigenvalue weighted by Crippen LogP contribution is 2.58. The first-order chi connectivity index (χ1) is 25.5. The highest BCUT2D eigenvalue weighted by Gasteiger charge is 2.79. The molecule has 0 aromatic carbocycles. The van der Waals surface area contributed by atoms with Gasteiger partial charge < -0.3 is 28.4 Å². The van der Waals surface area contributed by atoms with Crippen LogP contribution in [0.2, 0.25) is 0 Å². The van der Waals surface area contributed by atoms with Crippen molar-refractivity contribution in [3.05, 3.63) is 0 Å². The molecular weight excluding hydrogens is 820 g/mol. The van der Waals surface area contributed by atoms with Gasteiger partial charge in [0.1, 0.15) is 17.3 Å². The Balaban J connectivity index is 3.96. The summed E-state index contributed by atoms with van der Waals surface area (Å²) in [4.78, 5) is 51.8. The number of hydrogen-bond donors (Lipinski definition) is 0. The van der Waals surface area contributed by atoms with Gasteiger partial charge in [-0.2, -0.15) is 48.3 Å². The maximum atomic E-state index is 15.0. The molecule has 0 N–H and O–H groups in total. The second kappa shape index (κ2) is 17.3. The molecule has 1 saturated carbocycles. The Hall–Kier alpha value is -3.36. The van der Waals surface area contributed by atoms with Gasteiger partial charge in [0.05, 0.1) is 10.8 Å². The van der Waals surface area contributed by atoms with E-state index in [9.17, 15) is 71.9 Å². The molecule has 0 aromatic heterocycles. The van der Waals surface area contributed by atoms with Crippen molar-refractivity contribution in [1.29, 1.82) is 0 Å². The van der Waals surface area contributed by atoms with Crippen LogP contribution in [0.15, 0.2) is 0 Å². The van der Waals surface area contributed by atoms with Gasteiger partial charge in [0.2, 0.25) is 5.60 Å². The Morgan fingerprint density at radius 1 is 0.603 bits per heavy atom. The first kappa shape index (κ1) is 52.7.